The number of phenols is 1. The van der Waals surface area contributed by atoms with Crippen molar-refractivity contribution in [3.05, 3.63) is 34.4 Å². The Balaban J connectivity index is 2.26. The summed E-state index contributed by atoms with van der Waals surface area (Å²) < 4.78 is 1.33. The van der Waals surface area contributed by atoms with E-state index in [0.717, 1.165) is 0 Å². The minimum atomic E-state index is -1.24. The average Bonchev–Trinajstić information content (AvgIpc) is 2.60. The van der Waals surface area contributed by atoms with Crippen molar-refractivity contribution in [2.45, 2.75) is 30.4 Å². The summed E-state index contributed by atoms with van der Waals surface area (Å²) in [6.45, 7) is 1.61. The summed E-state index contributed by atoms with van der Waals surface area (Å²) in [7, 11) is 5.18. The number of nitrogens with zero attached hydrogens (tertiary/aromatic N) is 2. The molecular formula is C15H18B3N3O4. The van der Waals surface area contributed by atoms with Crippen molar-refractivity contribution in [3.8, 4) is 5.75 Å². The molecule has 1 aromatic carbocycles. The highest BCUT2D eigenvalue weighted by atomic mass is 16.3. The summed E-state index contributed by atoms with van der Waals surface area (Å²) in [5, 5.41) is 11.9. The molecule has 2 amide bonds. The fourth-order valence-corrected chi connectivity index (χ4v) is 3.29. The molecule has 10 heteroatoms. The molecule has 2 heterocycles. The Morgan fingerprint density at radius 1 is 1.16 bits per heavy atom. The van der Waals surface area contributed by atoms with E-state index in [9.17, 15) is 19.5 Å². The smallest absolute Gasteiger partial charge is 0.261 e. The second-order valence-corrected chi connectivity index (χ2v) is 7.41. The van der Waals surface area contributed by atoms with Crippen LogP contribution in [0.25, 0.3) is 10.9 Å². The lowest BCUT2D eigenvalue weighted by Crippen LogP contribution is -2.54. The molecule has 126 valence electrons. The van der Waals surface area contributed by atoms with Gasteiger partial charge in [0, 0.05) is 0 Å². The highest BCUT2D eigenvalue weighted by molar-refractivity contribution is 6.52. The SMILES string of the molecule is BC1(B)CC[C@](B)(n2c(C)nc3c(O)cccc3c2=O)C(=O)NC1=O. The van der Waals surface area contributed by atoms with E-state index in [1.54, 1.807) is 42.6 Å². The van der Waals surface area contributed by atoms with Crippen LogP contribution in [0, 0.1) is 6.92 Å². The number of aryl methyl sites for hydroxylation is 1. The summed E-state index contributed by atoms with van der Waals surface area (Å²) in [4.78, 5) is 42.4. The number of fused-ring (bicyclic) bond motifs is 1. The molecule has 0 spiro atoms. The Labute approximate surface area is 147 Å². The van der Waals surface area contributed by atoms with E-state index in [1.165, 1.54) is 10.6 Å². The van der Waals surface area contributed by atoms with Gasteiger partial charge in [-0.15, -0.1) is 0 Å². The summed E-state index contributed by atoms with van der Waals surface area (Å²) >= 11 is 0. The van der Waals surface area contributed by atoms with Gasteiger partial charge in [0.2, 0.25) is 11.8 Å². The summed E-state index contributed by atoms with van der Waals surface area (Å²) in [5.74, 6) is -0.645. The van der Waals surface area contributed by atoms with E-state index in [1.807, 2.05) is 0 Å². The molecule has 2 N–H and O–H groups in total. The summed E-state index contributed by atoms with van der Waals surface area (Å²) in [6.07, 6.45) is 0.773. The van der Waals surface area contributed by atoms with Crippen molar-refractivity contribution in [1.82, 2.24) is 14.9 Å². The zero-order valence-corrected chi connectivity index (χ0v) is 14.7. The van der Waals surface area contributed by atoms with Crippen LogP contribution in [0.3, 0.4) is 0 Å². The van der Waals surface area contributed by atoms with Crippen LogP contribution in [0.2, 0.25) is 5.21 Å². The lowest BCUT2D eigenvalue weighted by atomic mass is 9.51. The zero-order chi connectivity index (χ0) is 18.6. The van der Waals surface area contributed by atoms with Crippen LogP contribution in [-0.2, 0) is 15.0 Å². The number of carbonyl (C=O) groups excluding carboxylic acids is 2. The molecule has 1 aliphatic rings. The van der Waals surface area contributed by atoms with Gasteiger partial charge >= 0.3 is 0 Å². The molecule has 1 saturated heterocycles. The monoisotopic (exact) mass is 337 g/mol. The minimum absolute atomic E-state index is 0.0865. The zero-order valence-electron chi connectivity index (χ0n) is 14.7. The van der Waals surface area contributed by atoms with Gasteiger partial charge in [-0.2, -0.15) is 0 Å². The number of imide groups is 1. The fraction of sp³-hybridized carbons (Fsp3) is 0.333. The number of benzene rings is 1. The van der Waals surface area contributed by atoms with Crippen molar-refractivity contribution >= 4 is 46.3 Å². The molecule has 1 aliphatic heterocycles. The van der Waals surface area contributed by atoms with Gasteiger partial charge in [-0.1, -0.05) is 12.5 Å². The molecule has 2 aromatic rings. The maximum Gasteiger partial charge on any atom is 0.261 e. The molecule has 0 unspecified atom stereocenters. The highest BCUT2D eigenvalue weighted by Gasteiger charge is 2.45. The third kappa shape index (κ3) is 2.56. The molecule has 0 aliphatic carbocycles. The first-order valence-electron chi connectivity index (χ1n) is 8.16. The van der Waals surface area contributed by atoms with Crippen LogP contribution >= 0.6 is 0 Å². The van der Waals surface area contributed by atoms with Gasteiger partial charge in [0.15, 0.2) is 0 Å². The predicted molar refractivity (Wildman–Crippen MR) is 101 cm³/mol. The van der Waals surface area contributed by atoms with Crippen molar-refractivity contribution in [3.63, 3.8) is 0 Å². The topological polar surface area (TPSA) is 101 Å². The highest BCUT2D eigenvalue weighted by Crippen LogP contribution is 2.34. The molecule has 0 radical (unpaired) electrons. The van der Waals surface area contributed by atoms with Gasteiger partial charge in [0.05, 0.1) is 10.8 Å². The first-order valence-corrected chi connectivity index (χ1v) is 8.16. The normalized spacial score (nSPS) is 23.2. The number of amides is 2. The van der Waals surface area contributed by atoms with Crippen molar-refractivity contribution in [2.75, 3.05) is 0 Å². The number of hydrogen-bond acceptors (Lipinski definition) is 5. The lowest BCUT2D eigenvalue weighted by Gasteiger charge is -2.30. The Morgan fingerprint density at radius 2 is 1.84 bits per heavy atom. The predicted octanol–water partition coefficient (Wildman–Crippen LogP) is -2.48. The molecule has 7 nitrogen and oxygen atoms in total. The molecular weight excluding hydrogens is 319 g/mol. The Bertz CT molecular complexity index is 972. The van der Waals surface area contributed by atoms with Crippen molar-refractivity contribution in [1.29, 1.82) is 0 Å². The fourth-order valence-electron chi connectivity index (χ4n) is 3.29. The van der Waals surface area contributed by atoms with E-state index in [-0.39, 0.29) is 22.6 Å². The van der Waals surface area contributed by atoms with Gasteiger partial charge in [-0.3, -0.25) is 24.3 Å². The summed E-state index contributed by atoms with van der Waals surface area (Å²) in [5.41, 5.74) is -1.45. The van der Waals surface area contributed by atoms with Gasteiger partial charge < -0.3 is 5.11 Å². The van der Waals surface area contributed by atoms with Gasteiger partial charge in [-0.25, -0.2) is 4.98 Å². The Kier molecular flexibility index (Phi) is 3.81. The van der Waals surface area contributed by atoms with Crippen LogP contribution in [-0.4, -0.2) is 50.0 Å². The van der Waals surface area contributed by atoms with E-state index >= 15 is 0 Å². The first kappa shape index (κ1) is 17.3. The standard InChI is InChI=1S/C15H18B3N3O4/c1-7-19-10-8(3-2-4-9(10)22)11(23)21(7)15(18)6-5-14(16,17)12(24)20-13(15)25/h2-4,22H,5-6,16-18H2,1H3,(H,20,24,25)/t15-/m0/s1. The van der Waals surface area contributed by atoms with E-state index < -0.39 is 22.1 Å². The third-order valence-corrected chi connectivity index (χ3v) is 5.11. The number of hydrogen-bond donors (Lipinski definition) is 2. The quantitative estimate of drug-likeness (QED) is 0.443. The summed E-state index contributed by atoms with van der Waals surface area (Å²) in [6, 6.07) is 4.58. The largest absolute Gasteiger partial charge is 0.506 e. The third-order valence-electron chi connectivity index (χ3n) is 5.11. The van der Waals surface area contributed by atoms with Crippen LogP contribution in [0.4, 0.5) is 0 Å². The average molecular weight is 337 g/mol. The molecule has 1 atom stereocenters. The molecule has 1 aromatic heterocycles. The van der Waals surface area contributed by atoms with Crippen LogP contribution in [0.15, 0.2) is 23.0 Å². The minimum Gasteiger partial charge on any atom is -0.506 e. The van der Waals surface area contributed by atoms with Crippen molar-refractivity contribution in [2.24, 2.45) is 0 Å². The molecule has 0 saturated carbocycles. The number of aromatic hydroxyl groups is 1. The number of nitrogens with one attached hydrogen (secondary N) is 1. The van der Waals surface area contributed by atoms with Gasteiger partial charge in [0.25, 0.3) is 5.56 Å². The van der Waals surface area contributed by atoms with Gasteiger partial charge in [-0.05, 0) is 30.7 Å². The number of carbonyl (C=O) groups is 2. The van der Waals surface area contributed by atoms with Crippen LogP contribution in [0.1, 0.15) is 18.7 Å². The second-order valence-electron chi connectivity index (χ2n) is 7.41. The first-order chi connectivity index (χ1) is 11.6. The Hall–Kier alpha value is -2.51. The maximum absolute atomic E-state index is 13.1. The van der Waals surface area contributed by atoms with E-state index in [2.05, 4.69) is 10.3 Å². The van der Waals surface area contributed by atoms with E-state index in [0.29, 0.717) is 18.7 Å². The Morgan fingerprint density at radius 3 is 2.52 bits per heavy atom. The second kappa shape index (κ2) is 5.51. The number of aromatic nitrogens is 2. The number of rotatable bonds is 1. The molecule has 3 rings (SSSR count). The van der Waals surface area contributed by atoms with Crippen molar-refractivity contribution < 1.29 is 14.7 Å². The van der Waals surface area contributed by atoms with Crippen LogP contribution in [0.5, 0.6) is 5.75 Å². The van der Waals surface area contributed by atoms with E-state index in [4.69, 9.17) is 0 Å². The van der Waals surface area contributed by atoms with Crippen LogP contribution < -0.4 is 10.9 Å². The van der Waals surface area contributed by atoms with Gasteiger partial charge in [0.1, 0.15) is 40.6 Å². The number of phenolic OH excluding ortho intramolecular Hbond substituents is 1. The molecule has 0 bridgehead atoms. The molecule has 1 fully saturated rings. The lowest BCUT2D eigenvalue weighted by molar-refractivity contribution is -0.132. The number of para-hydroxylation sites is 1. The molecule has 25 heavy (non-hydrogen) atoms. The maximum atomic E-state index is 13.1.